The second-order valence-electron chi connectivity index (χ2n) is 4.49. The van der Waals surface area contributed by atoms with Crippen LogP contribution in [0.1, 0.15) is 17.0 Å². The van der Waals surface area contributed by atoms with Crippen molar-refractivity contribution < 1.29 is 9.13 Å². The summed E-state index contributed by atoms with van der Waals surface area (Å²) in [6, 6.07) is 4.96. The third kappa shape index (κ3) is 2.70. The standard InChI is InChI=1S/C14H18FN3O/c1-9-14(10(2)18(3)17-9)16-8-11-5-6-13(19-4)12(15)7-11/h5-7,16H,8H2,1-4H3. The van der Waals surface area contributed by atoms with Gasteiger partial charge in [0.2, 0.25) is 0 Å². The molecule has 4 nitrogen and oxygen atoms in total. The largest absolute Gasteiger partial charge is 0.494 e. The molecule has 0 aliphatic carbocycles. The van der Waals surface area contributed by atoms with Crippen molar-refractivity contribution in [2.75, 3.05) is 12.4 Å². The van der Waals surface area contributed by atoms with Crippen LogP contribution < -0.4 is 10.1 Å². The molecule has 19 heavy (non-hydrogen) atoms. The number of hydrogen-bond acceptors (Lipinski definition) is 3. The second kappa shape index (κ2) is 5.30. The maximum atomic E-state index is 13.6. The number of nitrogens with zero attached hydrogens (tertiary/aromatic N) is 2. The molecule has 2 rings (SSSR count). The number of rotatable bonds is 4. The lowest BCUT2D eigenvalue weighted by Crippen LogP contribution is -2.02. The number of nitrogens with one attached hydrogen (secondary N) is 1. The third-order valence-electron chi connectivity index (χ3n) is 3.19. The first-order chi connectivity index (χ1) is 9.02. The first-order valence-corrected chi connectivity index (χ1v) is 6.09. The summed E-state index contributed by atoms with van der Waals surface area (Å²) in [6.07, 6.45) is 0. The van der Waals surface area contributed by atoms with E-state index in [1.54, 1.807) is 6.07 Å². The van der Waals surface area contributed by atoms with Gasteiger partial charge in [-0.1, -0.05) is 6.07 Å². The van der Waals surface area contributed by atoms with E-state index in [4.69, 9.17) is 4.74 Å². The summed E-state index contributed by atoms with van der Waals surface area (Å²) in [5, 5.41) is 7.62. The fraction of sp³-hybridized carbons (Fsp3) is 0.357. The lowest BCUT2D eigenvalue weighted by Gasteiger charge is -2.08. The molecule has 0 unspecified atom stereocenters. The summed E-state index contributed by atoms with van der Waals surface area (Å²) >= 11 is 0. The van der Waals surface area contributed by atoms with Crippen molar-refractivity contribution >= 4 is 5.69 Å². The maximum absolute atomic E-state index is 13.6. The summed E-state index contributed by atoms with van der Waals surface area (Å²) in [4.78, 5) is 0. The average Bonchev–Trinajstić information content (AvgIpc) is 2.61. The van der Waals surface area contributed by atoms with Crippen LogP contribution in [0.4, 0.5) is 10.1 Å². The molecule has 0 bridgehead atoms. The minimum Gasteiger partial charge on any atom is -0.494 e. The lowest BCUT2D eigenvalue weighted by molar-refractivity contribution is 0.386. The highest BCUT2D eigenvalue weighted by Crippen LogP contribution is 2.21. The zero-order valence-corrected chi connectivity index (χ0v) is 11.6. The Morgan fingerprint density at radius 2 is 2.11 bits per heavy atom. The van der Waals surface area contributed by atoms with Crippen LogP contribution in [-0.4, -0.2) is 16.9 Å². The van der Waals surface area contributed by atoms with Crippen molar-refractivity contribution in [2.24, 2.45) is 7.05 Å². The Labute approximate surface area is 112 Å². The molecule has 0 saturated heterocycles. The highest BCUT2D eigenvalue weighted by Gasteiger charge is 2.09. The van der Waals surface area contributed by atoms with E-state index in [1.807, 2.05) is 31.6 Å². The van der Waals surface area contributed by atoms with Crippen LogP contribution in [0.3, 0.4) is 0 Å². The van der Waals surface area contributed by atoms with E-state index in [-0.39, 0.29) is 11.6 Å². The van der Waals surface area contributed by atoms with E-state index >= 15 is 0 Å². The maximum Gasteiger partial charge on any atom is 0.165 e. The number of aromatic nitrogens is 2. The summed E-state index contributed by atoms with van der Waals surface area (Å²) in [7, 11) is 3.36. The highest BCUT2D eigenvalue weighted by atomic mass is 19.1. The van der Waals surface area contributed by atoms with Gasteiger partial charge in [0.1, 0.15) is 0 Å². The SMILES string of the molecule is COc1ccc(CNc2c(C)nn(C)c2C)cc1F. The van der Waals surface area contributed by atoms with Crippen LogP contribution in [0.5, 0.6) is 5.75 Å². The number of benzene rings is 1. The lowest BCUT2D eigenvalue weighted by atomic mass is 10.2. The predicted molar refractivity (Wildman–Crippen MR) is 73.0 cm³/mol. The van der Waals surface area contributed by atoms with Crippen LogP contribution >= 0.6 is 0 Å². The van der Waals surface area contributed by atoms with E-state index in [9.17, 15) is 4.39 Å². The number of hydrogen-bond donors (Lipinski definition) is 1. The fourth-order valence-corrected chi connectivity index (χ4v) is 2.04. The van der Waals surface area contributed by atoms with Gasteiger partial charge in [-0.2, -0.15) is 5.10 Å². The summed E-state index contributed by atoms with van der Waals surface area (Å²) in [6.45, 7) is 4.50. The summed E-state index contributed by atoms with van der Waals surface area (Å²) in [5.41, 5.74) is 3.86. The van der Waals surface area contributed by atoms with Gasteiger partial charge < -0.3 is 10.1 Å². The number of aryl methyl sites for hydroxylation is 2. The number of halogens is 1. The van der Waals surface area contributed by atoms with Crippen molar-refractivity contribution in [3.63, 3.8) is 0 Å². The van der Waals surface area contributed by atoms with Gasteiger partial charge >= 0.3 is 0 Å². The Balaban J connectivity index is 2.12. The van der Waals surface area contributed by atoms with Gasteiger partial charge in [-0.3, -0.25) is 4.68 Å². The molecule has 1 aromatic carbocycles. The number of anilines is 1. The first-order valence-electron chi connectivity index (χ1n) is 6.09. The Hall–Kier alpha value is -2.04. The second-order valence-corrected chi connectivity index (χ2v) is 4.49. The zero-order chi connectivity index (χ0) is 14.0. The Morgan fingerprint density at radius 1 is 1.37 bits per heavy atom. The number of ether oxygens (including phenoxy) is 1. The van der Waals surface area contributed by atoms with Gasteiger partial charge in [-0.05, 0) is 31.5 Å². The molecular formula is C14H18FN3O. The van der Waals surface area contributed by atoms with Gasteiger partial charge in [-0.25, -0.2) is 4.39 Å². The van der Waals surface area contributed by atoms with Gasteiger partial charge in [-0.15, -0.1) is 0 Å². The van der Waals surface area contributed by atoms with Gasteiger partial charge in [0, 0.05) is 13.6 Å². The Morgan fingerprint density at radius 3 is 2.63 bits per heavy atom. The van der Waals surface area contributed by atoms with E-state index in [2.05, 4.69) is 10.4 Å². The monoisotopic (exact) mass is 263 g/mol. The van der Waals surface area contributed by atoms with Crippen molar-refractivity contribution in [3.8, 4) is 5.75 Å². The zero-order valence-electron chi connectivity index (χ0n) is 11.6. The van der Waals surface area contributed by atoms with Crippen LogP contribution in [0.25, 0.3) is 0 Å². The molecule has 102 valence electrons. The van der Waals surface area contributed by atoms with Gasteiger partial charge in [0.05, 0.1) is 24.2 Å². The van der Waals surface area contributed by atoms with Crippen molar-refractivity contribution in [1.29, 1.82) is 0 Å². The highest BCUT2D eigenvalue weighted by molar-refractivity contribution is 5.52. The molecule has 0 aliphatic rings. The molecule has 2 aromatic rings. The normalized spacial score (nSPS) is 10.6. The molecule has 0 saturated carbocycles. The third-order valence-corrected chi connectivity index (χ3v) is 3.19. The van der Waals surface area contributed by atoms with Crippen molar-refractivity contribution in [1.82, 2.24) is 9.78 Å². The molecule has 1 N–H and O–H groups in total. The van der Waals surface area contributed by atoms with Crippen molar-refractivity contribution in [3.05, 3.63) is 41.0 Å². The molecule has 0 fully saturated rings. The van der Waals surface area contributed by atoms with Gasteiger partial charge in [0.15, 0.2) is 11.6 Å². The van der Waals surface area contributed by atoms with Crippen LogP contribution in [0.15, 0.2) is 18.2 Å². The van der Waals surface area contributed by atoms with Crippen LogP contribution in [0.2, 0.25) is 0 Å². The molecular weight excluding hydrogens is 245 g/mol. The molecule has 0 spiro atoms. The molecule has 0 atom stereocenters. The molecule has 0 amide bonds. The van der Waals surface area contributed by atoms with E-state index in [0.717, 1.165) is 22.6 Å². The van der Waals surface area contributed by atoms with Crippen LogP contribution in [0, 0.1) is 19.7 Å². The first kappa shape index (κ1) is 13.4. The Kier molecular flexibility index (Phi) is 3.74. The quantitative estimate of drug-likeness (QED) is 0.922. The minimum atomic E-state index is -0.346. The topological polar surface area (TPSA) is 39.1 Å². The minimum absolute atomic E-state index is 0.262. The van der Waals surface area contributed by atoms with Crippen molar-refractivity contribution in [2.45, 2.75) is 20.4 Å². The molecule has 1 aromatic heterocycles. The van der Waals surface area contributed by atoms with E-state index < -0.39 is 0 Å². The summed E-state index contributed by atoms with van der Waals surface area (Å²) < 4.78 is 20.3. The van der Waals surface area contributed by atoms with Gasteiger partial charge in [0.25, 0.3) is 0 Å². The Bertz CT molecular complexity index is 593. The molecule has 0 radical (unpaired) electrons. The molecule has 1 heterocycles. The summed E-state index contributed by atoms with van der Waals surface area (Å²) in [5.74, 6) is -0.0843. The molecule has 5 heteroatoms. The molecule has 0 aliphatic heterocycles. The smallest absolute Gasteiger partial charge is 0.165 e. The van der Waals surface area contributed by atoms with E-state index in [1.165, 1.54) is 13.2 Å². The van der Waals surface area contributed by atoms with E-state index in [0.29, 0.717) is 6.54 Å². The fourth-order valence-electron chi connectivity index (χ4n) is 2.04. The van der Waals surface area contributed by atoms with Crippen LogP contribution in [-0.2, 0) is 13.6 Å². The predicted octanol–water partition coefficient (Wildman–Crippen LogP) is 2.80. The average molecular weight is 263 g/mol. The number of methoxy groups -OCH3 is 1.